The number of rotatable bonds is 5. The fraction of sp³-hybridized carbons (Fsp3) is 0.368. The van der Waals surface area contributed by atoms with E-state index in [1.54, 1.807) is 18.3 Å². The molecule has 0 bridgehead atoms. The van der Waals surface area contributed by atoms with Crippen molar-refractivity contribution in [1.82, 2.24) is 19.7 Å². The van der Waals surface area contributed by atoms with Gasteiger partial charge in [-0.1, -0.05) is 19.9 Å². The number of aromatic nitrogens is 4. The predicted octanol–water partition coefficient (Wildman–Crippen LogP) is 4.40. The van der Waals surface area contributed by atoms with Crippen LogP contribution in [0, 0.1) is 0 Å². The van der Waals surface area contributed by atoms with Crippen molar-refractivity contribution in [2.24, 2.45) is 0 Å². The van der Waals surface area contributed by atoms with E-state index in [-0.39, 0.29) is 5.69 Å². The molecule has 1 saturated carbocycles. The van der Waals surface area contributed by atoms with Crippen LogP contribution in [0.5, 0.6) is 0 Å². The van der Waals surface area contributed by atoms with Crippen LogP contribution in [0.25, 0.3) is 16.7 Å². The van der Waals surface area contributed by atoms with Crippen LogP contribution in [-0.4, -0.2) is 26.2 Å². The Labute approximate surface area is 155 Å². The number of hydrogen-bond acceptors (Lipinski definition) is 4. The molecule has 0 aromatic carbocycles. The average molecular weight is 373 g/mol. The summed E-state index contributed by atoms with van der Waals surface area (Å²) in [4.78, 5) is 18.9. The zero-order valence-corrected chi connectivity index (χ0v) is 15.4. The van der Waals surface area contributed by atoms with E-state index in [1.807, 2.05) is 13.8 Å². The number of pyridine rings is 2. The van der Waals surface area contributed by atoms with E-state index in [9.17, 15) is 13.6 Å². The Morgan fingerprint density at radius 2 is 2.04 bits per heavy atom. The standard InChI is InChI=1S/C17H15F2N5O.C2H6/c1-17(18,19)13-3-2-4-15(22-13)24-12-7-14(21-9-25)20-8-11(12)16(23-24)10-5-6-10;1-2/h2-4,7-10H,5-6H2,1H3,(H,20,21,25);1-2H3. The van der Waals surface area contributed by atoms with E-state index in [0.29, 0.717) is 29.5 Å². The van der Waals surface area contributed by atoms with Crippen molar-refractivity contribution in [2.45, 2.75) is 45.5 Å². The molecule has 27 heavy (non-hydrogen) atoms. The lowest BCUT2D eigenvalue weighted by molar-refractivity contribution is -0.105. The van der Waals surface area contributed by atoms with Gasteiger partial charge in [-0.15, -0.1) is 0 Å². The molecule has 142 valence electrons. The van der Waals surface area contributed by atoms with Gasteiger partial charge in [-0.25, -0.2) is 14.6 Å². The SMILES string of the molecule is CC.CC(F)(F)c1cccc(-n2nc(C3CC3)c3cnc(NC=O)cc32)n1. The molecule has 0 aliphatic heterocycles. The Morgan fingerprint density at radius 1 is 1.30 bits per heavy atom. The third-order valence-electron chi connectivity index (χ3n) is 4.17. The summed E-state index contributed by atoms with van der Waals surface area (Å²) in [6.45, 7) is 4.81. The zero-order chi connectivity index (χ0) is 19.6. The van der Waals surface area contributed by atoms with Crippen molar-refractivity contribution in [2.75, 3.05) is 5.32 Å². The summed E-state index contributed by atoms with van der Waals surface area (Å²) in [6.07, 6.45) is 4.27. The molecule has 1 aliphatic rings. The molecule has 1 N–H and O–H groups in total. The molecule has 1 amide bonds. The second kappa shape index (κ2) is 7.38. The molecule has 4 rings (SSSR count). The van der Waals surface area contributed by atoms with Gasteiger partial charge in [0.15, 0.2) is 5.82 Å². The van der Waals surface area contributed by atoms with Crippen LogP contribution in [0.2, 0.25) is 0 Å². The molecule has 0 spiro atoms. The number of anilines is 1. The minimum atomic E-state index is -3.04. The third-order valence-corrected chi connectivity index (χ3v) is 4.17. The molecule has 0 unspecified atom stereocenters. The highest BCUT2D eigenvalue weighted by Crippen LogP contribution is 2.43. The maximum atomic E-state index is 13.6. The quantitative estimate of drug-likeness (QED) is 0.673. The first-order chi connectivity index (χ1) is 13.0. The molecule has 3 heterocycles. The highest BCUT2D eigenvalue weighted by molar-refractivity contribution is 5.86. The highest BCUT2D eigenvalue weighted by atomic mass is 19.3. The minimum absolute atomic E-state index is 0.305. The molecule has 1 fully saturated rings. The van der Waals surface area contributed by atoms with E-state index in [0.717, 1.165) is 30.8 Å². The highest BCUT2D eigenvalue weighted by Gasteiger charge is 2.30. The number of hydrogen-bond donors (Lipinski definition) is 1. The maximum Gasteiger partial charge on any atom is 0.287 e. The summed E-state index contributed by atoms with van der Waals surface area (Å²) < 4.78 is 28.8. The lowest BCUT2D eigenvalue weighted by Gasteiger charge is -2.11. The van der Waals surface area contributed by atoms with Crippen LogP contribution < -0.4 is 5.32 Å². The minimum Gasteiger partial charge on any atom is -0.313 e. The third kappa shape index (κ3) is 3.79. The van der Waals surface area contributed by atoms with Gasteiger partial charge in [0.05, 0.1) is 11.2 Å². The summed E-state index contributed by atoms with van der Waals surface area (Å²) in [5, 5.41) is 7.94. The predicted molar refractivity (Wildman–Crippen MR) is 99.2 cm³/mol. The summed E-state index contributed by atoms with van der Waals surface area (Å²) in [6, 6.07) is 6.12. The van der Waals surface area contributed by atoms with E-state index in [2.05, 4.69) is 20.4 Å². The number of amides is 1. The Kier molecular flexibility index (Phi) is 5.16. The van der Waals surface area contributed by atoms with Crippen molar-refractivity contribution < 1.29 is 13.6 Å². The Hall–Kier alpha value is -2.90. The number of fused-ring (bicyclic) bond motifs is 1. The number of carbonyl (C=O) groups excluding carboxylic acids is 1. The first-order valence-corrected chi connectivity index (χ1v) is 8.92. The Balaban J connectivity index is 0.00000102. The monoisotopic (exact) mass is 373 g/mol. The smallest absolute Gasteiger partial charge is 0.287 e. The second-order valence-corrected chi connectivity index (χ2v) is 6.19. The summed E-state index contributed by atoms with van der Waals surface area (Å²) in [5.74, 6) is -2.02. The fourth-order valence-corrected chi connectivity index (χ4v) is 2.79. The van der Waals surface area contributed by atoms with Crippen molar-refractivity contribution >= 4 is 23.1 Å². The van der Waals surface area contributed by atoms with Gasteiger partial charge in [0.25, 0.3) is 5.92 Å². The molecular formula is C19H21F2N5O. The maximum absolute atomic E-state index is 13.6. The Morgan fingerprint density at radius 3 is 2.67 bits per heavy atom. The largest absolute Gasteiger partial charge is 0.313 e. The summed E-state index contributed by atoms with van der Waals surface area (Å²) in [5.41, 5.74) is 1.24. The zero-order valence-electron chi connectivity index (χ0n) is 15.4. The summed E-state index contributed by atoms with van der Waals surface area (Å²) >= 11 is 0. The topological polar surface area (TPSA) is 72.7 Å². The van der Waals surface area contributed by atoms with Gasteiger partial charge in [0, 0.05) is 30.5 Å². The molecular weight excluding hydrogens is 352 g/mol. The number of carbonyl (C=O) groups is 1. The van der Waals surface area contributed by atoms with E-state index < -0.39 is 5.92 Å². The normalized spacial score (nSPS) is 13.8. The molecule has 8 heteroatoms. The van der Waals surface area contributed by atoms with Crippen molar-refractivity contribution in [3.8, 4) is 5.82 Å². The van der Waals surface area contributed by atoms with Crippen molar-refractivity contribution in [3.63, 3.8) is 0 Å². The van der Waals surface area contributed by atoms with Crippen LogP contribution in [-0.2, 0) is 10.7 Å². The van der Waals surface area contributed by atoms with Gasteiger partial charge in [-0.3, -0.25) is 4.79 Å². The molecule has 3 aromatic rings. The van der Waals surface area contributed by atoms with E-state index in [4.69, 9.17) is 0 Å². The van der Waals surface area contributed by atoms with Crippen molar-refractivity contribution in [3.05, 3.63) is 41.9 Å². The average Bonchev–Trinajstić information content (AvgIpc) is 3.44. The molecule has 0 atom stereocenters. The van der Waals surface area contributed by atoms with Gasteiger partial charge >= 0.3 is 0 Å². The number of alkyl halides is 2. The lowest BCUT2D eigenvalue weighted by Crippen LogP contribution is -2.12. The lowest BCUT2D eigenvalue weighted by atomic mass is 10.2. The van der Waals surface area contributed by atoms with Crippen LogP contribution in [0.1, 0.15) is 50.9 Å². The van der Waals surface area contributed by atoms with Gasteiger partial charge in [-0.2, -0.15) is 13.9 Å². The van der Waals surface area contributed by atoms with Gasteiger partial charge in [0.1, 0.15) is 11.5 Å². The van der Waals surface area contributed by atoms with Gasteiger partial charge in [0.2, 0.25) is 6.41 Å². The van der Waals surface area contributed by atoms with Gasteiger partial charge < -0.3 is 5.32 Å². The van der Waals surface area contributed by atoms with Crippen LogP contribution >= 0.6 is 0 Å². The van der Waals surface area contributed by atoms with Crippen molar-refractivity contribution in [1.29, 1.82) is 0 Å². The first kappa shape index (κ1) is 18.9. The second-order valence-electron chi connectivity index (χ2n) is 6.19. The molecule has 1 aliphatic carbocycles. The van der Waals surface area contributed by atoms with Crippen LogP contribution in [0.4, 0.5) is 14.6 Å². The molecule has 6 nitrogen and oxygen atoms in total. The summed E-state index contributed by atoms with van der Waals surface area (Å²) in [7, 11) is 0. The van der Waals surface area contributed by atoms with Crippen LogP contribution in [0.15, 0.2) is 30.5 Å². The number of nitrogens with zero attached hydrogens (tertiary/aromatic N) is 4. The first-order valence-electron chi connectivity index (χ1n) is 8.92. The van der Waals surface area contributed by atoms with Crippen LogP contribution in [0.3, 0.4) is 0 Å². The Bertz CT molecular complexity index is 960. The van der Waals surface area contributed by atoms with Gasteiger partial charge in [-0.05, 0) is 25.0 Å². The molecule has 0 saturated heterocycles. The molecule has 0 radical (unpaired) electrons. The van der Waals surface area contributed by atoms with E-state index >= 15 is 0 Å². The fourth-order valence-electron chi connectivity index (χ4n) is 2.79. The number of nitrogens with one attached hydrogen (secondary N) is 1. The molecule has 3 aromatic heterocycles. The van der Waals surface area contributed by atoms with E-state index in [1.165, 1.54) is 16.8 Å². The number of halogens is 2.